The average molecular weight is 410 g/mol. The lowest BCUT2D eigenvalue weighted by molar-refractivity contribution is -0.142. The van der Waals surface area contributed by atoms with Gasteiger partial charge in [0.25, 0.3) is 0 Å². The second kappa shape index (κ2) is 9.40. The summed E-state index contributed by atoms with van der Waals surface area (Å²) < 4.78 is 7.07. The van der Waals surface area contributed by atoms with Gasteiger partial charge >= 0.3 is 12.0 Å². The first-order chi connectivity index (χ1) is 13.5. The lowest BCUT2D eigenvalue weighted by Crippen LogP contribution is -2.39. The van der Waals surface area contributed by atoms with Crippen LogP contribution in [0, 0.1) is 0 Å². The lowest BCUT2D eigenvalue weighted by Gasteiger charge is -2.26. The molecule has 2 aliphatic rings. The van der Waals surface area contributed by atoms with E-state index in [9.17, 15) is 14.4 Å². The molecule has 0 aromatic carbocycles. The van der Waals surface area contributed by atoms with Crippen molar-refractivity contribution in [3.05, 3.63) is 5.82 Å². The Hall–Kier alpha value is -2.10. The van der Waals surface area contributed by atoms with Crippen LogP contribution in [0.15, 0.2) is 5.16 Å². The number of carbonyl (C=O) groups is 3. The van der Waals surface area contributed by atoms with Crippen LogP contribution in [0.25, 0.3) is 0 Å². The Bertz CT molecular complexity index is 732. The van der Waals surface area contributed by atoms with E-state index in [1.807, 2.05) is 4.57 Å². The number of aromatic nitrogens is 3. The Morgan fingerprint density at radius 3 is 2.68 bits per heavy atom. The van der Waals surface area contributed by atoms with Crippen LogP contribution < -0.4 is 5.32 Å². The molecule has 1 aliphatic carbocycles. The molecule has 1 N–H and O–H groups in total. The number of amides is 3. The summed E-state index contributed by atoms with van der Waals surface area (Å²) in [7, 11) is 0. The molecular formula is C18H27N5O4S. The highest BCUT2D eigenvalue weighted by Crippen LogP contribution is 2.34. The first-order valence-electron chi connectivity index (χ1n) is 9.86. The molecule has 3 amide bonds. The van der Waals surface area contributed by atoms with E-state index in [4.69, 9.17) is 4.74 Å². The first kappa shape index (κ1) is 20.6. The van der Waals surface area contributed by atoms with Gasteiger partial charge in [-0.3, -0.25) is 14.5 Å². The van der Waals surface area contributed by atoms with Gasteiger partial charge in [-0.25, -0.2) is 4.79 Å². The molecule has 2 fully saturated rings. The largest absolute Gasteiger partial charge is 0.466 e. The fourth-order valence-corrected chi connectivity index (χ4v) is 4.67. The van der Waals surface area contributed by atoms with Crippen LogP contribution in [0.1, 0.15) is 57.8 Å². The highest BCUT2D eigenvalue weighted by Gasteiger charge is 2.32. The van der Waals surface area contributed by atoms with Crippen LogP contribution in [0.2, 0.25) is 0 Å². The van der Waals surface area contributed by atoms with Crippen molar-refractivity contribution in [2.45, 2.75) is 68.8 Å². The van der Waals surface area contributed by atoms with E-state index < -0.39 is 5.25 Å². The summed E-state index contributed by atoms with van der Waals surface area (Å²) in [5.41, 5.74) is 0. The molecule has 0 spiro atoms. The van der Waals surface area contributed by atoms with Gasteiger partial charge in [-0.15, -0.1) is 10.2 Å². The maximum Gasteiger partial charge on any atom is 0.324 e. The highest BCUT2D eigenvalue weighted by molar-refractivity contribution is 8.00. The summed E-state index contributed by atoms with van der Waals surface area (Å²) in [4.78, 5) is 37.6. The van der Waals surface area contributed by atoms with Gasteiger partial charge in [0.05, 0.1) is 11.9 Å². The number of carbonyl (C=O) groups excluding carboxylic acids is 3. The molecule has 1 aliphatic heterocycles. The third-order valence-electron chi connectivity index (χ3n) is 5.04. The van der Waals surface area contributed by atoms with Gasteiger partial charge in [0.15, 0.2) is 5.16 Å². The standard InChI is InChI=1S/C18H27N5O4S/c1-3-27-15(24)11-14-20-21-18(23(14)13-7-5-4-6-8-13)28-12(2)16(25)22-10-9-19-17(22)26/h12-13H,3-11H2,1-2H3,(H,19,26)/t12-/m0/s1. The molecule has 0 bridgehead atoms. The maximum atomic E-state index is 12.6. The smallest absolute Gasteiger partial charge is 0.324 e. The Kier molecular flexibility index (Phi) is 6.93. The summed E-state index contributed by atoms with van der Waals surface area (Å²) >= 11 is 1.29. The SMILES string of the molecule is CCOC(=O)Cc1nnc(S[C@@H](C)C(=O)N2CCNC2=O)n1C1CCCCC1. The van der Waals surface area contributed by atoms with Crippen LogP contribution in [-0.4, -0.2) is 62.5 Å². The zero-order valence-corrected chi connectivity index (χ0v) is 17.2. The van der Waals surface area contributed by atoms with Crippen molar-refractivity contribution in [3.63, 3.8) is 0 Å². The second-order valence-corrected chi connectivity index (χ2v) is 8.33. The Balaban J connectivity index is 1.78. The van der Waals surface area contributed by atoms with Gasteiger partial charge in [0, 0.05) is 19.1 Å². The molecular weight excluding hydrogens is 382 g/mol. The number of hydrogen-bond acceptors (Lipinski definition) is 7. The molecule has 0 unspecified atom stereocenters. The van der Waals surface area contributed by atoms with Gasteiger partial charge in [-0.1, -0.05) is 31.0 Å². The minimum atomic E-state index is -0.481. The number of esters is 1. The number of nitrogens with zero attached hydrogens (tertiary/aromatic N) is 4. The number of urea groups is 1. The average Bonchev–Trinajstić information content (AvgIpc) is 3.28. The van der Waals surface area contributed by atoms with E-state index in [0.29, 0.717) is 30.7 Å². The Morgan fingerprint density at radius 2 is 2.04 bits per heavy atom. The molecule has 28 heavy (non-hydrogen) atoms. The van der Waals surface area contributed by atoms with E-state index in [1.54, 1.807) is 13.8 Å². The van der Waals surface area contributed by atoms with E-state index >= 15 is 0 Å². The quantitative estimate of drug-likeness (QED) is 0.542. The monoisotopic (exact) mass is 409 g/mol. The predicted octanol–water partition coefficient (Wildman–Crippen LogP) is 1.92. The lowest BCUT2D eigenvalue weighted by atomic mass is 9.95. The molecule has 10 heteroatoms. The van der Waals surface area contributed by atoms with Gasteiger partial charge in [0.1, 0.15) is 12.2 Å². The fourth-order valence-electron chi connectivity index (χ4n) is 3.67. The molecule has 1 aromatic heterocycles. The number of rotatable bonds is 7. The molecule has 154 valence electrons. The van der Waals surface area contributed by atoms with Crippen LogP contribution in [0.4, 0.5) is 4.79 Å². The highest BCUT2D eigenvalue weighted by atomic mass is 32.2. The van der Waals surface area contributed by atoms with Crippen LogP contribution >= 0.6 is 11.8 Å². The minimum absolute atomic E-state index is 0.0642. The molecule has 1 saturated heterocycles. The van der Waals surface area contributed by atoms with Crippen molar-refractivity contribution < 1.29 is 19.1 Å². The van der Waals surface area contributed by atoms with Gasteiger partial charge in [-0.2, -0.15) is 0 Å². The molecule has 1 atom stereocenters. The summed E-state index contributed by atoms with van der Waals surface area (Å²) in [6, 6.07) is -0.137. The van der Waals surface area contributed by atoms with Crippen molar-refractivity contribution in [2.75, 3.05) is 19.7 Å². The van der Waals surface area contributed by atoms with Crippen molar-refractivity contribution in [1.82, 2.24) is 25.0 Å². The molecule has 2 heterocycles. The summed E-state index contributed by atoms with van der Waals surface area (Å²) in [5.74, 6) is -0.00192. The second-order valence-electron chi connectivity index (χ2n) is 7.02. The van der Waals surface area contributed by atoms with Crippen molar-refractivity contribution in [1.29, 1.82) is 0 Å². The number of nitrogens with one attached hydrogen (secondary N) is 1. The molecule has 3 rings (SSSR count). The minimum Gasteiger partial charge on any atom is -0.466 e. The van der Waals surface area contributed by atoms with Gasteiger partial charge in [0.2, 0.25) is 5.91 Å². The van der Waals surface area contributed by atoms with E-state index in [2.05, 4.69) is 15.5 Å². The Labute approximate surface area is 168 Å². The summed E-state index contributed by atoms with van der Waals surface area (Å²) in [6.07, 6.45) is 5.50. The van der Waals surface area contributed by atoms with E-state index in [-0.39, 0.29) is 30.4 Å². The normalized spacial score (nSPS) is 18.8. The van der Waals surface area contributed by atoms with Crippen molar-refractivity contribution in [3.8, 4) is 0 Å². The van der Waals surface area contributed by atoms with E-state index in [1.165, 1.54) is 23.1 Å². The van der Waals surface area contributed by atoms with Crippen LogP contribution in [0.3, 0.4) is 0 Å². The van der Waals surface area contributed by atoms with E-state index in [0.717, 1.165) is 25.7 Å². The third-order valence-corrected chi connectivity index (χ3v) is 6.08. The van der Waals surface area contributed by atoms with Crippen molar-refractivity contribution >= 4 is 29.7 Å². The van der Waals surface area contributed by atoms with Crippen molar-refractivity contribution in [2.24, 2.45) is 0 Å². The molecule has 1 saturated carbocycles. The predicted molar refractivity (Wildman–Crippen MR) is 103 cm³/mol. The van der Waals surface area contributed by atoms with Gasteiger partial charge < -0.3 is 14.6 Å². The molecule has 9 nitrogen and oxygen atoms in total. The van der Waals surface area contributed by atoms with Crippen LogP contribution in [-0.2, 0) is 20.7 Å². The maximum absolute atomic E-state index is 12.6. The fraction of sp³-hybridized carbons (Fsp3) is 0.722. The number of imide groups is 1. The topological polar surface area (TPSA) is 106 Å². The Morgan fingerprint density at radius 1 is 1.29 bits per heavy atom. The first-order valence-corrected chi connectivity index (χ1v) is 10.7. The summed E-state index contributed by atoms with van der Waals surface area (Å²) in [5, 5.41) is 11.3. The number of thioether (sulfide) groups is 1. The third kappa shape index (κ3) is 4.65. The summed E-state index contributed by atoms with van der Waals surface area (Å²) in [6.45, 7) is 4.72. The van der Waals surface area contributed by atoms with Gasteiger partial charge in [-0.05, 0) is 26.7 Å². The number of ether oxygens (including phenoxy) is 1. The zero-order chi connectivity index (χ0) is 20.1. The van der Waals surface area contributed by atoms with Crippen LogP contribution in [0.5, 0.6) is 0 Å². The molecule has 0 radical (unpaired) electrons. The number of hydrogen-bond donors (Lipinski definition) is 1. The zero-order valence-electron chi connectivity index (χ0n) is 16.3. The molecule has 1 aromatic rings.